The van der Waals surface area contributed by atoms with Crippen molar-refractivity contribution in [1.29, 1.82) is 0 Å². The predicted molar refractivity (Wildman–Crippen MR) is 107 cm³/mol. The zero-order chi connectivity index (χ0) is 19.8. The third-order valence-corrected chi connectivity index (χ3v) is 4.72. The van der Waals surface area contributed by atoms with Crippen molar-refractivity contribution in [1.82, 2.24) is 20.3 Å². The topological polar surface area (TPSA) is 70.7 Å². The minimum atomic E-state index is -0.293. The van der Waals surface area contributed by atoms with E-state index in [0.717, 1.165) is 18.7 Å². The van der Waals surface area contributed by atoms with Crippen LogP contribution >= 0.6 is 0 Å². The number of hydrogen-bond acceptors (Lipinski definition) is 3. The van der Waals surface area contributed by atoms with Crippen molar-refractivity contribution >= 4 is 5.91 Å². The number of halogens is 1. The van der Waals surface area contributed by atoms with Gasteiger partial charge in [-0.3, -0.25) is 9.78 Å². The van der Waals surface area contributed by atoms with Gasteiger partial charge in [0, 0.05) is 30.2 Å². The van der Waals surface area contributed by atoms with E-state index in [1.165, 1.54) is 31.4 Å². The van der Waals surface area contributed by atoms with Gasteiger partial charge in [-0.2, -0.15) is 0 Å². The van der Waals surface area contributed by atoms with Crippen LogP contribution < -0.4 is 5.32 Å². The molecule has 1 fully saturated rings. The second-order valence-electron chi connectivity index (χ2n) is 6.93. The molecule has 1 aliphatic rings. The first kappa shape index (κ1) is 19.7. The second-order valence-corrected chi connectivity index (χ2v) is 6.93. The minimum absolute atomic E-state index is 0.0785. The number of benzene rings is 1. The highest BCUT2D eigenvalue weighted by Crippen LogP contribution is 2.19. The van der Waals surface area contributed by atoms with E-state index >= 15 is 0 Å². The van der Waals surface area contributed by atoms with Crippen molar-refractivity contribution in [2.75, 3.05) is 0 Å². The van der Waals surface area contributed by atoms with E-state index in [9.17, 15) is 9.18 Å². The summed E-state index contributed by atoms with van der Waals surface area (Å²) in [6.45, 7) is 1.92. The molecule has 0 aliphatic heterocycles. The summed E-state index contributed by atoms with van der Waals surface area (Å²) < 4.78 is 13.2. The smallest absolute Gasteiger partial charge is 0.253 e. The minimum Gasteiger partial charge on any atom is -0.349 e. The van der Waals surface area contributed by atoms with Crippen LogP contribution in [-0.4, -0.2) is 26.9 Å². The first-order valence-electron chi connectivity index (χ1n) is 9.60. The number of imidazole rings is 1. The quantitative estimate of drug-likeness (QED) is 0.694. The van der Waals surface area contributed by atoms with Gasteiger partial charge in [-0.25, -0.2) is 9.37 Å². The number of amides is 1. The lowest BCUT2D eigenvalue weighted by molar-refractivity contribution is 0.0927. The van der Waals surface area contributed by atoms with Gasteiger partial charge in [-0.05, 0) is 44.0 Å². The molecule has 1 amide bonds. The number of carbonyl (C=O) groups is 1. The molecule has 0 atom stereocenters. The summed E-state index contributed by atoms with van der Waals surface area (Å²) in [5, 5.41) is 3.06. The predicted octanol–water partition coefficient (Wildman–Crippen LogP) is 4.67. The molecule has 6 heteroatoms. The van der Waals surface area contributed by atoms with Crippen LogP contribution in [-0.2, 0) is 0 Å². The molecule has 2 N–H and O–H groups in total. The standard InChI is InChI=1S/C18H19FN2O.C4H6N2/c19-15-6-4-5-13(11-15)17-10-9-14(12-20-17)18(22)21-16-7-2-1-3-8-16;1-4-5-2-3-6-4/h4-6,9-12,16H,1-3,7-8H2,(H,21,22);2-3H,1H3,(H,5,6). The molecule has 1 aliphatic carbocycles. The summed E-state index contributed by atoms with van der Waals surface area (Å²) in [5.41, 5.74) is 1.92. The highest BCUT2D eigenvalue weighted by Gasteiger charge is 2.16. The number of pyridine rings is 1. The average Bonchev–Trinajstić information content (AvgIpc) is 3.20. The van der Waals surface area contributed by atoms with E-state index in [1.54, 1.807) is 42.9 Å². The van der Waals surface area contributed by atoms with Crippen molar-refractivity contribution in [2.24, 2.45) is 0 Å². The SMILES string of the molecule is Cc1ncc[nH]1.O=C(NC1CCCCC1)c1ccc(-c2cccc(F)c2)nc1. The molecule has 0 spiro atoms. The summed E-state index contributed by atoms with van der Waals surface area (Å²) in [6.07, 6.45) is 10.8. The maximum absolute atomic E-state index is 13.2. The van der Waals surface area contributed by atoms with Gasteiger partial charge in [0.15, 0.2) is 0 Å². The maximum Gasteiger partial charge on any atom is 0.253 e. The Bertz CT molecular complexity index is 872. The Morgan fingerprint density at radius 1 is 1.14 bits per heavy atom. The van der Waals surface area contributed by atoms with Crippen LogP contribution in [0.5, 0.6) is 0 Å². The monoisotopic (exact) mass is 380 g/mol. The fourth-order valence-electron chi connectivity index (χ4n) is 3.21. The third kappa shape index (κ3) is 5.74. The number of aryl methyl sites for hydroxylation is 1. The Balaban J connectivity index is 0.000000320. The van der Waals surface area contributed by atoms with Crippen LogP contribution in [0.3, 0.4) is 0 Å². The van der Waals surface area contributed by atoms with Gasteiger partial charge in [-0.15, -0.1) is 0 Å². The molecule has 5 nitrogen and oxygen atoms in total. The Morgan fingerprint density at radius 3 is 2.54 bits per heavy atom. The fourth-order valence-corrected chi connectivity index (χ4v) is 3.21. The number of aromatic nitrogens is 3. The average molecular weight is 380 g/mol. The number of H-pyrrole nitrogens is 1. The van der Waals surface area contributed by atoms with Crippen LogP contribution in [0.2, 0.25) is 0 Å². The molecule has 4 rings (SSSR count). The van der Waals surface area contributed by atoms with E-state index in [2.05, 4.69) is 20.3 Å². The summed E-state index contributed by atoms with van der Waals surface area (Å²) >= 11 is 0. The van der Waals surface area contributed by atoms with Crippen molar-refractivity contribution in [2.45, 2.75) is 45.1 Å². The van der Waals surface area contributed by atoms with Crippen LogP contribution in [0.15, 0.2) is 55.0 Å². The van der Waals surface area contributed by atoms with E-state index in [4.69, 9.17) is 0 Å². The molecular weight excluding hydrogens is 355 g/mol. The first-order chi connectivity index (χ1) is 13.6. The molecule has 2 aromatic heterocycles. The molecule has 1 saturated carbocycles. The zero-order valence-electron chi connectivity index (χ0n) is 16.0. The Morgan fingerprint density at radius 2 is 1.96 bits per heavy atom. The van der Waals surface area contributed by atoms with Gasteiger partial charge < -0.3 is 10.3 Å². The molecule has 1 aromatic carbocycles. The summed E-state index contributed by atoms with van der Waals surface area (Å²) in [4.78, 5) is 23.2. The highest BCUT2D eigenvalue weighted by molar-refractivity contribution is 5.94. The normalized spacial score (nSPS) is 14.1. The molecule has 2 heterocycles. The van der Waals surface area contributed by atoms with Crippen LogP contribution in [0.25, 0.3) is 11.3 Å². The van der Waals surface area contributed by atoms with Gasteiger partial charge in [0.1, 0.15) is 11.6 Å². The van der Waals surface area contributed by atoms with Crippen molar-refractivity contribution in [3.05, 3.63) is 72.2 Å². The van der Waals surface area contributed by atoms with Crippen molar-refractivity contribution in [3.8, 4) is 11.3 Å². The molecule has 0 unspecified atom stereocenters. The number of hydrogen-bond donors (Lipinski definition) is 2. The van der Waals surface area contributed by atoms with Crippen LogP contribution in [0.1, 0.15) is 48.3 Å². The van der Waals surface area contributed by atoms with Crippen LogP contribution in [0, 0.1) is 12.7 Å². The number of rotatable bonds is 3. The van der Waals surface area contributed by atoms with Gasteiger partial charge in [0.2, 0.25) is 0 Å². The van der Waals surface area contributed by atoms with Gasteiger partial charge in [0.25, 0.3) is 5.91 Å². The lowest BCUT2D eigenvalue weighted by Crippen LogP contribution is -2.36. The van der Waals surface area contributed by atoms with Gasteiger partial charge >= 0.3 is 0 Å². The number of aromatic amines is 1. The second kappa shape index (κ2) is 9.78. The summed E-state index contributed by atoms with van der Waals surface area (Å²) in [6, 6.07) is 10.1. The molecule has 0 radical (unpaired) electrons. The zero-order valence-corrected chi connectivity index (χ0v) is 16.0. The summed E-state index contributed by atoms with van der Waals surface area (Å²) in [7, 11) is 0. The van der Waals surface area contributed by atoms with E-state index < -0.39 is 0 Å². The van der Waals surface area contributed by atoms with Gasteiger partial charge in [-0.1, -0.05) is 31.4 Å². The fraction of sp³-hybridized carbons (Fsp3) is 0.318. The Labute approximate surface area is 164 Å². The van der Waals surface area contributed by atoms with Crippen molar-refractivity contribution in [3.63, 3.8) is 0 Å². The largest absolute Gasteiger partial charge is 0.349 e. The number of nitrogens with zero attached hydrogens (tertiary/aromatic N) is 2. The van der Waals surface area contributed by atoms with Crippen LogP contribution in [0.4, 0.5) is 4.39 Å². The molecule has 146 valence electrons. The maximum atomic E-state index is 13.2. The number of nitrogens with one attached hydrogen (secondary N) is 2. The summed E-state index contributed by atoms with van der Waals surface area (Å²) in [5.74, 6) is 0.596. The van der Waals surface area contributed by atoms with E-state index in [-0.39, 0.29) is 17.8 Å². The van der Waals surface area contributed by atoms with E-state index in [0.29, 0.717) is 16.8 Å². The first-order valence-corrected chi connectivity index (χ1v) is 9.60. The van der Waals surface area contributed by atoms with Gasteiger partial charge in [0.05, 0.1) is 11.3 Å². The molecular formula is C22H25FN4O. The Kier molecular flexibility index (Phi) is 6.89. The van der Waals surface area contributed by atoms with E-state index in [1.807, 2.05) is 6.92 Å². The molecule has 3 aromatic rings. The highest BCUT2D eigenvalue weighted by atomic mass is 19.1. The Hall–Kier alpha value is -3.02. The lowest BCUT2D eigenvalue weighted by atomic mass is 9.95. The molecule has 0 bridgehead atoms. The number of carbonyl (C=O) groups excluding carboxylic acids is 1. The van der Waals surface area contributed by atoms with Crippen molar-refractivity contribution < 1.29 is 9.18 Å². The third-order valence-electron chi connectivity index (χ3n) is 4.72. The molecule has 0 saturated heterocycles. The molecule has 28 heavy (non-hydrogen) atoms. The lowest BCUT2D eigenvalue weighted by Gasteiger charge is -2.22.